The van der Waals surface area contributed by atoms with Crippen molar-refractivity contribution >= 4 is 16.3 Å². The fourth-order valence-corrected chi connectivity index (χ4v) is 3.37. The Hall–Kier alpha value is -1.88. The monoisotopic (exact) mass is 325 g/mol. The molecule has 1 N–H and O–H groups in total. The van der Waals surface area contributed by atoms with Crippen LogP contribution in [-0.2, 0) is 9.47 Å². The van der Waals surface area contributed by atoms with Crippen LogP contribution in [0.4, 0.5) is 0 Å². The Kier molecular flexibility index (Phi) is 4.78. The minimum absolute atomic E-state index is 0.0140. The van der Waals surface area contributed by atoms with Crippen LogP contribution in [-0.4, -0.2) is 45.6 Å². The van der Waals surface area contributed by atoms with Crippen molar-refractivity contribution in [3.8, 4) is 5.75 Å². The second-order valence-electron chi connectivity index (χ2n) is 6.22. The van der Waals surface area contributed by atoms with E-state index in [1.165, 1.54) is 21.9 Å². The lowest BCUT2D eigenvalue weighted by atomic mass is 9.93. The van der Waals surface area contributed by atoms with Crippen molar-refractivity contribution in [3.63, 3.8) is 0 Å². The van der Waals surface area contributed by atoms with Crippen LogP contribution in [0.25, 0.3) is 16.3 Å². The molecule has 24 heavy (non-hydrogen) atoms. The van der Waals surface area contributed by atoms with Gasteiger partial charge in [0.25, 0.3) is 0 Å². The lowest BCUT2D eigenvalue weighted by molar-refractivity contribution is -0.101. The van der Waals surface area contributed by atoms with Crippen molar-refractivity contribution in [1.82, 2.24) is 5.32 Å². The Morgan fingerprint density at radius 3 is 2.92 bits per heavy atom. The summed E-state index contributed by atoms with van der Waals surface area (Å²) in [5.41, 5.74) is 2.59. The maximum atomic E-state index is 6.17. The summed E-state index contributed by atoms with van der Waals surface area (Å²) < 4.78 is 17.3. The number of ether oxygens (including phenoxy) is 3. The zero-order valence-corrected chi connectivity index (χ0v) is 13.8. The van der Waals surface area contributed by atoms with E-state index in [-0.39, 0.29) is 6.10 Å². The van der Waals surface area contributed by atoms with Gasteiger partial charge in [0.1, 0.15) is 18.5 Å². The zero-order chi connectivity index (χ0) is 16.2. The van der Waals surface area contributed by atoms with Gasteiger partial charge in [-0.2, -0.15) is 0 Å². The van der Waals surface area contributed by atoms with E-state index in [1.807, 2.05) is 0 Å². The molecule has 1 fully saturated rings. The van der Waals surface area contributed by atoms with Gasteiger partial charge in [0.15, 0.2) is 0 Å². The molecule has 0 saturated carbocycles. The Balaban J connectivity index is 1.67. The molecule has 0 amide bonds. The first-order valence-corrected chi connectivity index (χ1v) is 8.66. The largest absolute Gasteiger partial charge is 0.490 e. The second-order valence-corrected chi connectivity index (χ2v) is 6.22. The minimum atomic E-state index is 0.0140. The van der Waals surface area contributed by atoms with Crippen LogP contribution < -0.4 is 10.1 Å². The van der Waals surface area contributed by atoms with E-state index in [2.05, 4.69) is 47.8 Å². The Bertz CT molecular complexity index is 735. The highest BCUT2D eigenvalue weighted by molar-refractivity contribution is 5.96. The maximum Gasteiger partial charge on any atom is 0.127 e. The first-order chi connectivity index (χ1) is 11.9. The van der Waals surface area contributed by atoms with Gasteiger partial charge in [0, 0.05) is 12.1 Å². The first kappa shape index (κ1) is 15.6. The molecule has 1 unspecified atom stereocenters. The molecule has 4 nitrogen and oxygen atoms in total. The van der Waals surface area contributed by atoms with Crippen molar-refractivity contribution in [2.24, 2.45) is 0 Å². The third-order valence-electron chi connectivity index (χ3n) is 4.59. The maximum absolute atomic E-state index is 6.17. The predicted molar refractivity (Wildman–Crippen MR) is 95.5 cm³/mol. The molecule has 1 atom stereocenters. The molecular weight excluding hydrogens is 302 g/mol. The lowest BCUT2D eigenvalue weighted by Crippen LogP contribution is -2.33. The fraction of sp³-hybridized carbons (Fsp3) is 0.400. The van der Waals surface area contributed by atoms with Gasteiger partial charge in [-0.3, -0.25) is 0 Å². The van der Waals surface area contributed by atoms with E-state index in [1.54, 1.807) is 0 Å². The van der Waals surface area contributed by atoms with Crippen LogP contribution in [0.2, 0.25) is 0 Å². The molecule has 2 heterocycles. The molecule has 2 aromatic rings. The fourth-order valence-electron chi connectivity index (χ4n) is 3.37. The average Bonchev–Trinajstić information content (AvgIpc) is 2.67. The summed E-state index contributed by atoms with van der Waals surface area (Å²) in [5, 5.41) is 5.88. The molecule has 0 aromatic heterocycles. The molecule has 0 aliphatic carbocycles. The molecule has 4 rings (SSSR count). The first-order valence-electron chi connectivity index (χ1n) is 8.66. The highest BCUT2D eigenvalue weighted by Gasteiger charge is 2.18. The van der Waals surface area contributed by atoms with Crippen LogP contribution >= 0.6 is 0 Å². The number of fused-ring (bicyclic) bond motifs is 1. The van der Waals surface area contributed by atoms with Crippen molar-refractivity contribution < 1.29 is 14.2 Å². The Labute approximate surface area is 142 Å². The molecule has 2 aromatic carbocycles. The third kappa shape index (κ3) is 3.31. The summed E-state index contributed by atoms with van der Waals surface area (Å²) in [4.78, 5) is 0. The number of hydrogen-bond donors (Lipinski definition) is 1. The van der Waals surface area contributed by atoms with E-state index < -0.39 is 0 Å². The summed E-state index contributed by atoms with van der Waals surface area (Å²) in [6, 6.07) is 12.7. The van der Waals surface area contributed by atoms with E-state index in [0.717, 1.165) is 25.3 Å². The molecule has 0 radical (unpaired) electrons. The van der Waals surface area contributed by atoms with Gasteiger partial charge in [-0.1, -0.05) is 36.4 Å². The normalized spacial score (nSPS) is 21.5. The van der Waals surface area contributed by atoms with Gasteiger partial charge in [-0.05, 0) is 35.4 Å². The Morgan fingerprint density at radius 2 is 2.08 bits per heavy atom. The van der Waals surface area contributed by atoms with Crippen molar-refractivity contribution in [3.05, 3.63) is 48.0 Å². The van der Waals surface area contributed by atoms with E-state index in [4.69, 9.17) is 14.2 Å². The third-order valence-corrected chi connectivity index (χ3v) is 4.59. The summed E-state index contributed by atoms with van der Waals surface area (Å²) in [7, 11) is 0. The molecule has 4 heteroatoms. The van der Waals surface area contributed by atoms with E-state index >= 15 is 0 Å². The number of hydrogen-bond acceptors (Lipinski definition) is 4. The SMILES string of the molecule is C1=C(c2c(OCC3COCCO3)ccc3ccccc23)CCNC1. The molecule has 2 aliphatic rings. The van der Waals surface area contributed by atoms with Gasteiger partial charge >= 0.3 is 0 Å². The van der Waals surface area contributed by atoms with Gasteiger partial charge in [0.2, 0.25) is 0 Å². The number of benzene rings is 2. The van der Waals surface area contributed by atoms with E-state index in [0.29, 0.717) is 26.4 Å². The number of nitrogens with one attached hydrogen (secondary N) is 1. The van der Waals surface area contributed by atoms with Crippen LogP contribution in [0.3, 0.4) is 0 Å². The standard InChI is InChI=1S/C20H23NO3/c1-2-4-18-15(3-1)5-6-19(20(18)16-7-9-21-10-8-16)24-14-17-13-22-11-12-23-17/h1-7,17,21H,8-14H2. The van der Waals surface area contributed by atoms with Crippen LogP contribution in [0, 0.1) is 0 Å². The van der Waals surface area contributed by atoms with Crippen LogP contribution in [0.15, 0.2) is 42.5 Å². The van der Waals surface area contributed by atoms with Gasteiger partial charge in [-0.25, -0.2) is 0 Å². The average molecular weight is 325 g/mol. The quantitative estimate of drug-likeness (QED) is 0.938. The molecule has 0 spiro atoms. The molecular formula is C20H23NO3. The number of rotatable bonds is 4. The smallest absolute Gasteiger partial charge is 0.127 e. The van der Waals surface area contributed by atoms with Crippen LogP contribution in [0.5, 0.6) is 5.75 Å². The van der Waals surface area contributed by atoms with Crippen molar-refractivity contribution in [2.75, 3.05) is 39.5 Å². The van der Waals surface area contributed by atoms with Gasteiger partial charge < -0.3 is 19.5 Å². The van der Waals surface area contributed by atoms with E-state index in [9.17, 15) is 0 Å². The summed E-state index contributed by atoms with van der Waals surface area (Å²) in [6.07, 6.45) is 3.31. The highest BCUT2D eigenvalue weighted by Crippen LogP contribution is 2.36. The van der Waals surface area contributed by atoms with Crippen LogP contribution in [0.1, 0.15) is 12.0 Å². The molecule has 126 valence electrons. The molecule has 2 aliphatic heterocycles. The molecule has 1 saturated heterocycles. The molecule has 0 bridgehead atoms. The topological polar surface area (TPSA) is 39.7 Å². The second kappa shape index (κ2) is 7.34. The summed E-state index contributed by atoms with van der Waals surface area (Å²) in [6.45, 7) is 4.38. The van der Waals surface area contributed by atoms with Crippen molar-refractivity contribution in [2.45, 2.75) is 12.5 Å². The summed E-state index contributed by atoms with van der Waals surface area (Å²) >= 11 is 0. The van der Waals surface area contributed by atoms with Gasteiger partial charge in [-0.15, -0.1) is 0 Å². The predicted octanol–water partition coefficient (Wildman–Crippen LogP) is 3.01. The minimum Gasteiger partial charge on any atom is -0.490 e. The Morgan fingerprint density at radius 1 is 1.12 bits per heavy atom. The lowest BCUT2D eigenvalue weighted by Gasteiger charge is -2.25. The summed E-state index contributed by atoms with van der Waals surface area (Å²) in [5.74, 6) is 0.941. The highest BCUT2D eigenvalue weighted by atomic mass is 16.6. The van der Waals surface area contributed by atoms with Crippen molar-refractivity contribution in [1.29, 1.82) is 0 Å². The van der Waals surface area contributed by atoms with Gasteiger partial charge in [0.05, 0.1) is 19.8 Å². The zero-order valence-electron chi connectivity index (χ0n) is 13.8.